The fourth-order valence-corrected chi connectivity index (χ4v) is 1.99. The molecule has 0 aliphatic rings. The van der Waals surface area contributed by atoms with Crippen molar-refractivity contribution in [2.24, 2.45) is 0 Å². The third kappa shape index (κ3) is 6.43. The highest BCUT2D eigenvalue weighted by Crippen LogP contribution is 2.26. The Labute approximate surface area is 150 Å². The number of esters is 1. The lowest BCUT2D eigenvalue weighted by atomic mass is 10.3. The molecule has 0 fully saturated rings. The van der Waals surface area contributed by atoms with Crippen LogP contribution in [-0.2, 0) is 14.3 Å². The molecule has 26 heavy (non-hydrogen) atoms. The molecule has 0 aromatic heterocycles. The van der Waals surface area contributed by atoms with Crippen LogP contribution in [0.15, 0.2) is 48.5 Å². The predicted octanol–water partition coefficient (Wildman–Crippen LogP) is 3.18. The zero-order chi connectivity index (χ0) is 18.8. The van der Waals surface area contributed by atoms with E-state index < -0.39 is 24.3 Å². The normalized spacial score (nSPS) is 10.1. The van der Waals surface area contributed by atoms with Gasteiger partial charge in [0.1, 0.15) is 5.82 Å². The van der Waals surface area contributed by atoms with Crippen molar-refractivity contribution >= 4 is 17.6 Å². The molecule has 0 aliphatic carbocycles. The number of para-hydroxylation sites is 2. The van der Waals surface area contributed by atoms with Gasteiger partial charge in [-0.1, -0.05) is 25.1 Å². The maximum absolute atomic E-state index is 13.0. The van der Waals surface area contributed by atoms with Crippen LogP contribution in [0, 0.1) is 5.82 Å². The van der Waals surface area contributed by atoms with Gasteiger partial charge in [0.2, 0.25) is 0 Å². The summed E-state index contributed by atoms with van der Waals surface area (Å²) in [5.74, 6) is -0.800. The fourth-order valence-electron chi connectivity index (χ4n) is 1.99. The molecular formula is C19H20FNO5. The molecular weight excluding hydrogens is 341 g/mol. The van der Waals surface area contributed by atoms with Gasteiger partial charge in [0, 0.05) is 5.69 Å². The molecule has 0 radical (unpaired) electrons. The van der Waals surface area contributed by atoms with Crippen LogP contribution in [0.5, 0.6) is 11.5 Å². The molecule has 0 saturated heterocycles. The van der Waals surface area contributed by atoms with Gasteiger partial charge in [-0.25, -0.2) is 9.18 Å². The maximum atomic E-state index is 13.0. The molecule has 0 spiro atoms. The molecule has 138 valence electrons. The van der Waals surface area contributed by atoms with Crippen LogP contribution >= 0.6 is 0 Å². The van der Waals surface area contributed by atoms with Crippen LogP contribution in [0.2, 0.25) is 0 Å². The van der Waals surface area contributed by atoms with Gasteiger partial charge < -0.3 is 19.5 Å². The Kier molecular flexibility index (Phi) is 7.42. The molecule has 0 saturated carbocycles. The highest BCUT2D eigenvalue weighted by atomic mass is 19.1. The lowest BCUT2D eigenvalue weighted by Gasteiger charge is -2.12. The summed E-state index contributed by atoms with van der Waals surface area (Å²) < 4.78 is 28.8. The Morgan fingerprint density at radius 2 is 1.73 bits per heavy atom. The molecule has 7 heteroatoms. The van der Waals surface area contributed by atoms with Crippen molar-refractivity contribution in [3.05, 3.63) is 54.3 Å². The van der Waals surface area contributed by atoms with Crippen LogP contribution in [0.4, 0.5) is 10.1 Å². The van der Waals surface area contributed by atoms with Crippen molar-refractivity contribution < 1.29 is 28.2 Å². The van der Waals surface area contributed by atoms with Crippen molar-refractivity contribution in [3.63, 3.8) is 0 Å². The summed E-state index contributed by atoms with van der Waals surface area (Å²) in [6.07, 6.45) is 0.844. The lowest BCUT2D eigenvalue weighted by molar-refractivity contribution is -0.149. The quantitative estimate of drug-likeness (QED) is 0.695. The fraction of sp³-hybridized carbons (Fsp3) is 0.263. The van der Waals surface area contributed by atoms with E-state index >= 15 is 0 Å². The van der Waals surface area contributed by atoms with E-state index in [2.05, 4.69) is 5.32 Å². The second-order valence-electron chi connectivity index (χ2n) is 5.30. The maximum Gasteiger partial charge on any atom is 0.344 e. The second-order valence-corrected chi connectivity index (χ2v) is 5.30. The first-order valence-electron chi connectivity index (χ1n) is 8.14. The molecule has 0 unspecified atom stereocenters. The summed E-state index contributed by atoms with van der Waals surface area (Å²) in [6.45, 7) is 1.66. The molecule has 0 aliphatic heterocycles. The second kappa shape index (κ2) is 10.0. The third-order valence-electron chi connectivity index (χ3n) is 3.13. The van der Waals surface area contributed by atoms with E-state index in [-0.39, 0.29) is 12.3 Å². The Bertz CT molecular complexity index is 750. The van der Waals surface area contributed by atoms with E-state index in [0.717, 1.165) is 12.5 Å². The minimum Gasteiger partial charge on any atom is -0.490 e. The van der Waals surface area contributed by atoms with Gasteiger partial charge in [0.25, 0.3) is 5.91 Å². The topological polar surface area (TPSA) is 73.9 Å². The first-order valence-corrected chi connectivity index (χ1v) is 8.14. The number of carbonyl (C=O) groups is 2. The summed E-state index contributed by atoms with van der Waals surface area (Å²) in [4.78, 5) is 23.4. The standard InChI is InChI=1S/C19H20FNO5/c1-2-10-24-16-8-3-4-9-17(16)25-13-19(23)26-12-18(22)21-15-7-5-6-14(20)11-15/h3-9,11H,2,10,12-13H2,1H3,(H,21,22). The Morgan fingerprint density at radius 1 is 1.00 bits per heavy atom. The highest BCUT2D eigenvalue weighted by molar-refractivity contribution is 5.92. The van der Waals surface area contributed by atoms with Gasteiger partial charge in [0.15, 0.2) is 24.7 Å². The van der Waals surface area contributed by atoms with Crippen molar-refractivity contribution in [3.8, 4) is 11.5 Å². The van der Waals surface area contributed by atoms with E-state index in [9.17, 15) is 14.0 Å². The number of nitrogens with one attached hydrogen (secondary N) is 1. The monoisotopic (exact) mass is 361 g/mol. The molecule has 2 aromatic rings. The number of benzene rings is 2. The summed E-state index contributed by atoms with van der Waals surface area (Å²) in [7, 11) is 0. The largest absolute Gasteiger partial charge is 0.490 e. The van der Waals surface area contributed by atoms with Crippen molar-refractivity contribution in [1.29, 1.82) is 0 Å². The molecule has 1 amide bonds. The number of hydrogen-bond donors (Lipinski definition) is 1. The minimum atomic E-state index is -0.704. The minimum absolute atomic E-state index is 0.282. The number of carbonyl (C=O) groups excluding carboxylic acids is 2. The molecule has 0 heterocycles. The van der Waals surface area contributed by atoms with E-state index in [1.165, 1.54) is 18.2 Å². The summed E-state index contributed by atoms with van der Waals surface area (Å²) in [5, 5.41) is 2.43. The van der Waals surface area contributed by atoms with E-state index in [0.29, 0.717) is 18.1 Å². The van der Waals surface area contributed by atoms with Gasteiger partial charge >= 0.3 is 5.97 Å². The molecule has 2 aromatic carbocycles. The van der Waals surface area contributed by atoms with Gasteiger partial charge in [-0.15, -0.1) is 0 Å². The summed E-state index contributed by atoms with van der Waals surface area (Å²) in [5.41, 5.74) is 0.282. The average molecular weight is 361 g/mol. The molecule has 6 nitrogen and oxygen atoms in total. The Balaban J connectivity index is 1.76. The van der Waals surface area contributed by atoms with Crippen LogP contribution < -0.4 is 14.8 Å². The Hall–Kier alpha value is -3.09. The zero-order valence-electron chi connectivity index (χ0n) is 14.4. The average Bonchev–Trinajstić information content (AvgIpc) is 2.63. The highest BCUT2D eigenvalue weighted by Gasteiger charge is 2.11. The number of amides is 1. The van der Waals surface area contributed by atoms with Gasteiger partial charge in [0.05, 0.1) is 6.61 Å². The van der Waals surface area contributed by atoms with Crippen molar-refractivity contribution in [1.82, 2.24) is 0 Å². The SMILES string of the molecule is CCCOc1ccccc1OCC(=O)OCC(=O)Nc1cccc(F)c1. The number of halogens is 1. The molecule has 2 rings (SSSR count). The van der Waals surface area contributed by atoms with Crippen LogP contribution in [0.3, 0.4) is 0 Å². The molecule has 1 N–H and O–H groups in total. The van der Waals surface area contributed by atoms with Crippen molar-refractivity contribution in [2.45, 2.75) is 13.3 Å². The molecule has 0 atom stereocenters. The predicted molar refractivity (Wildman–Crippen MR) is 93.7 cm³/mol. The smallest absolute Gasteiger partial charge is 0.344 e. The number of anilines is 1. The first-order chi connectivity index (χ1) is 12.6. The summed E-state index contributed by atoms with van der Waals surface area (Å²) >= 11 is 0. The number of ether oxygens (including phenoxy) is 3. The van der Waals surface area contributed by atoms with Crippen LogP contribution in [0.1, 0.15) is 13.3 Å². The molecule has 0 bridgehead atoms. The van der Waals surface area contributed by atoms with Gasteiger partial charge in [-0.3, -0.25) is 4.79 Å². The van der Waals surface area contributed by atoms with Crippen LogP contribution in [-0.4, -0.2) is 31.7 Å². The van der Waals surface area contributed by atoms with E-state index in [4.69, 9.17) is 14.2 Å². The first kappa shape index (κ1) is 19.2. The van der Waals surface area contributed by atoms with Gasteiger partial charge in [-0.2, -0.15) is 0 Å². The van der Waals surface area contributed by atoms with Gasteiger partial charge in [-0.05, 0) is 36.8 Å². The zero-order valence-corrected chi connectivity index (χ0v) is 14.4. The Morgan fingerprint density at radius 3 is 2.42 bits per heavy atom. The summed E-state index contributed by atoms with van der Waals surface area (Å²) in [6, 6.07) is 12.4. The number of rotatable bonds is 9. The van der Waals surface area contributed by atoms with Crippen molar-refractivity contribution in [2.75, 3.05) is 25.1 Å². The third-order valence-corrected chi connectivity index (χ3v) is 3.13. The van der Waals surface area contributed by atoms with Crippen LogP contribution in [0.25, 0.3) is 0 Å². The number of hydrogen-bond acceptors (Lipinski definition) is 5. The van der Waals surface area contributed by atoms with E-state index in [1.54, 1.807) is 24.3 Å². The lowest BCUT2D eigenvalue weighted by Crippen LogP contribution is -2.23. The van der Waals surface area contributed by atoms with E-state index in [1.807, 2.05) is 6.92 Å².